The van der Waals surface area contributed by atoms with Crippen molar-refractivity contribution in [3.63, 3.8) is 0 Å². The third-order valence-corrected chi connectivity index (χ3v) is 4.47. The Labute approximate surface area is 165 Å². The molecule has 2 N–H and O–H groups in total. The number of anilines is 1. The molecule has 0 bridgehead atoms. The summed E-state index contributed by atoms with van der Waals surface area (Å²) in [6.45, 7) is 0. The summed E-state index contributed by atoms with van der Waals surface area (Å²) in [4.78, 5) is 32.4. The van der Waals surface area contributed by atoms with Crippen molar-refractivity contribution in [2.45, 2.75) is 0 Å². The van der Waals surface area contributed by atoms with Gasteiger partial charge in [-0.1, -0.05) is 6.07 Å². The van der Waals surface area contributed by atoms with Gasteiger partial charge in [0.25, 0.3) is 5.91 Å². The first-order valence-corrected chi connectivity index (χ1v) is 8.78. The van der Waals surface area contributed by atoms with E-state index in [4.69, 9.17) is 9.47 Å². The summed E-state index contributed by atoms with van der Waals surface area (Å²) in [5.41, 5.74) is 1.69. The third-order valence-electron chi connectivity index (χ3n) is 4.47. The summed E-state index contributed by atoms with van der Waals surface area (Å²) < 4.78 is 12.4. The van der Waals surface area contributed by atoms with Crippen LogP contribution in [-0.4, -0.2) is 34.7 Å². The topological polar surface area (TPSA) is 98.2 Å². The summed E-state index contributed by atoms with van der Waals surface area (Å²) in [5.74, 6) is 0.449. The molecule has 29 heavy (non-hydrogen) atoms. The molecule has 0 saturated carbocycles. The minimum Gasteiger partial charge on any atom is -0.497 e. The lowest BCUT2D eigenvalue weighted by molar-refractivity contribution is 0.102. The number of H-pyrrole nitrogens is 1. The highest BCUT2D eigenvalue weighted by atomic mass is 16.5. The van der Waals surface area contributed by atoms with E-state index in [1.807, 2.05) is 29.0 Å². The van der Waals surface area contributed by atoms with Crippen molar-refractivity contribution in [3.8, 4) is 17.2 Å². The van der Waals surface area contributed by atoms with Gasteiger partial charge in [0.2, 0.25) is 0 Å². The fourth-order valence-electron chi connectivity index (χ4n) is 3.08. The predicted molar refractivity (Wildman–Crippen MR) is 109 cm³/mol. The number of nitrogens with zero attached hydrogens (tertiary/aromatic N) is 2. The lowest BCUT2D eigenvalue weighted by Gasteiger charge is -2.11. The van der Waals surface area contributed by atoms with E-state index in [2.05, 4.69) is 15.3 Å². The first kappa shape index (κ1) is 18.3. The van der Waals surface area contributed by atoms with Crippen LogP contribution >= 0.6 is 0 Å². The number of amides is 1. The first-order valence-electron chi connectivity index (χ1n) is 8.78. The number of pyridine rings is 1. The molecule has 2 heterocycles. The first-order chi connectivity index (χ1) is 14.1. The molecule has 8 heteroatoms. The van der Waals surface area contributed by atoms with Crippen molar-refractivity contribution < 1.29 is 14.3 Å². The predicted octanol–water partition coefficient (Wildman–Crippen LogP) is 2.98. The summed E-state index contributed by atoms with van der Waals surface area (Å²) in [5, 5.41) is 3.16. The average molecular weight is 390 g/mol. The van der Waals surface area contributed by atoms with E-state index in [0.717, 1.165) is 5.69 Å². The Morgan fingerprint density at radius 1 is 1.14 bits per heavy atom. The Balaban J connectivity index is 1.69. The van der Waals surface area contributed by atoms with Crippen LogP contribution in [0.15, 0.2) is 66.0 Å². The second kappa shape index (κ2) is 7.51. The van der Waals surface area contributed by atoms with Gasteiger partial charge < -0.3 is 24.3 Å². The van der Waals surface area contributed by atoms with Gasteiger partial charge in [-0.15, -0.1) is 0 Å². The van der Waals surface area contributed by atoms with Crippen LogP contribution < -0.4 is 20.2 Å². The zero-order chi connectivity index (χ0) is 20.4. The van der Waals surface area contributed by atoms with Crippen LogP contribution in [0.1, 0.15) is 10.5 Å². The van der Waals surface area contributed by atoms with E-state index in [1.54, 1.807) is 30.7 Å². The number of carbonyl (C=O) groups is 1. The van der Waals surface area contributed by atoms with Crippen LogP contribution in [0.25, 0.3) is 16.6 Å². The molecular formula is C21H18N4O4. The Hall–Kier alpha value is -4.07. The molecule has 146 valence electrons. The van der Waals surface area contributed by atoms with Gasteiger partial charge in [0.15, 0.2) is 5.43 Å². The van der Waals surface area contributed by atoms with Gasteiger partial charge in [-0.2, -0.15) is 0 Å². The number of aromatic nitrogens is 3. The van der Waals surface area contributed by atoms with Crippen LogP contribution in [-0.2, 0) is 0 Å². The number of carbonyl (C=O) groups excluding carboxylic acids is 1. The van der Waals surface area contributed by atoms with Crippen LogP contribution in [0.4, 0.5) is 5.69 Å². The Kier molecular flexibility index (Phi) is 4.74. The molecule has 0 aliphatic carbocycles. The molecule has 0 aliphatic heterocycles. The van der Waals surface area contributed by atoms with Gasteiger partial charge in [0.05, 0.1) is 31.4 Å². The molecule has 0 aliphatic rings. The molecule has 2 aromatic carbocycles. The van der Waals surface area contributed by atoms with E-state index in [1.165, 1.54) is 20.3 Å². The molecule has 0 atom stereocenters. The number of nitrogens with one attached hydrogen (secondary N) is 2. The SMILES string of the molecule is COc1cc(OC)c2c(=O)cc(C(=O)Nc3cccc(-n4ccnc4)c3)[nH]c2c1. The van der Waals surface area contributed by atoms with Crippen LogP contribution in [0.5, 0.6) is 11.5 Å². The summed E-state index contributed by atoms with van der Waals surface area (Å²) in [6, 6.07) is 11.8. The number of aromatic amines is 1. The van der Waals surface area contributed by atoms with Crippen LogP contribution in [0.2, 0.25) is 0 Å². The van der Waals surface area contributed by atoms with Gasteiger partial charge in [0, 0.05) is 42.0 Å². The number of rotatable bonds is 5. The minimum atomic E-state index is -0.437. The van der Waals surface area contributed by atoms with E-state index in [0.29, 0.717) is 28.1 Å². The maximum absolute atomic E-state index is 12.8. The number of hydrogen-bond donors (Lipinski definition) is 2. The quantitative estimate of drug-likeness (QED) is 0.546. The number of ether oxygens (including phenoxy) is 2. The van der Waals surface area contributed by atoms with Gasteiger partial charge >= 0.3 is 0 Å². The molecular weight excluding hydrogens is 372 g/mol. The van der Waals surface area contributed by atoms with Crippen molar-refractivity contribution in [1.82, 2.24) is 14.5 Å². The largest absolute Gasteiger partial charge is 0.497 e. The highest BCUT2D eigenvalue weighted by molar-refractivity contribution is 6.04. The molecule has 0 saturated heterocycles. The minimum absolute atomic E-state index is 0.130. The van der Waals surface area contributed by atoms with Gasteiger partial charge in [-0.3, -0.25) is 9.59 Å². The molecule has 1 amide bonds. The lowest BCUT2D eigenvalue weighted by Crippen LogP contribution is -2.17. The Bertz CT molecular complexity index is 1250. The number of hydrogen-bond acceptors (Lipinski definition) is 5. The standard InChI is InChI=1S/C21H18N4O4/c1-28-15-9-16-20(19(10-15)29-2)18(26)11-17(24-16)21(27)23-13-4-3-5-14(8-13)25-7-6-22-12-25/h3-12H,1-2H3,(H,23,27)(H,24,26). The fraction of sp³-hybridized carbons (Fsp3) is 0.0952. The van der Waals surface area contributed by atoms with Crippen molar-refractivity contribution in [2.24, 2.45) is 0 Å². The molecule has 0 fully saturated rings. The van der Waals surface area contributed by atoms with Gasteiger partial charge in [-0.05, 0) is 18.2 Å². The number of fused-ring (bicyclic) bond motifs is 1. The summed E-state index contributed by atoms with van der Waals surface area (Å²) in [7, 11) is 2.99. The zero-order valence-corrected chi connectivity index (χ0v) is 15.8. The highest BCUT2D eigenvalue weighted by Crippen LogP contribution is 2.28. The molecule has 4 aromatic rings. The fourth-order valence-corrected chi connectivity index (χ4v) is 3.08. The Morgan fingerprint density at radius 3 is 2.72 bits per heavy atom. The van der Waals surface area contributed by atoms with Gasteiger partial charge in [0.1, 0.15) is 17.2 Å². The van der Waals surface area contributed by atoms with Crippen LogP contribution in [0, 0.1) is 0 Å². The second-order valence-corrected chi connectivity index (χ2v) is 6.27. The van der Waals surface area contributed by atoms with E-state index < -0.39 is 5.91 Å². The number of methoxy groups -OCH3 is 2. The van der Waals surface area contributed by atoms with E-state index in [-0.39, 0.29) is 11.1 Å². The van der Waals surface area contributed by atoms with Crippen molar-refractivity contribution >= 4 is 22.5 Å². The highest BCUT2D eigenvalue weighted by Gasteiger charge is 2.14. The molecule has 0 radical (unpaired) electrons. The van der Waals surface area contributed by atoms with Crippen molar-refractivity contribution in [2.75, 3.05) is 19.5 Å². The maximum atomic E-state index is 12.8. The average Bonchev–Trinajstić information content (AvgIpc) is 3.27. The monoisotopic (exact) mass is 390 g/mol. The normalized spacial score (nSPS) is 10.7. The summed E-state index contributed by atoms with van der Waals surface area (Å²) in [6.07, 6.45) is 5.15. The molecule has 8 nitrogen and oxygen atoms in total. The number of benzene rings is 2. The van der Waals surface area contributed by atoms with Gasteiger partial charge in [-0.25, -0.2) is 4.98 Å². The van der Waals surface area contributed by atoms with Crippen molar-refractivity contribution in [1.29, 1.82) is 0 Å². The summed E-state index contributed by atoms with van der Waals surface area (Å²) >= 11 is 0. The van der Waals surface area contributed by atoms with Crippen LogP contribution in [0.3, 0.4) is 0 Å². The zero-order valence-electron chi connectivity index (χ0n) is 15.8. The molecule has 4 rings (SSSR count). The number of imidazole rings is 1. The molecule has 0 spiro atoms. The van der Waals surface area contributed by atoms with Crippen molar-refractivity contribution in [3.05, 3.63) is 77.1 Å². The van der Waals surface area contributed by atoms with E-state index >= 15 is 0 Å². The smallest absolute Gasteiger partial charge is 0.272 e. The third kappa shape index (κ3) is 3.55. The maximum Gasteiger partial charge on any atom is 0.272 e. The lowest BCUT2D eigenvalue weighted by atomic mass is 10.1. The molecule has 0 unspecified atom stereocenters. The van der Waals surface area contributed by atoms with E-state index in [9.17, 15) is 9.59 Å². The Morgan fingerprint density at radius 2 is 2.00 bits per heavy atom. The second-order valence-electron chi connectivity index (χ2n) is 6.27. The molecule has 2 aromatic heterocycles.